The molecule has 0 amide bonds. The molecule has 16 heavy (non-hydrogen) atoms. The highest BCUT2D eigenvalue weighted by atomic mass is 35.5. The third kappa shape index (κ3) is 1.92. The van der Waals surface area contributed by atoms with Gasteiger partial charge >= 0.3 is 0 Å². The fourth-order valence-electron chi connectivity index (χ4n) is 1.38. The van der Waals surface area contributed by atoms with Crippen LogP contribution in [0.15, 0.2) is 35.4 Å². The maximum atomic E-state index is 11.7. The predicted octanol–water partition coefficient (Wildman–Crippen LogP) is 2.93. The van der Waals surface area contributed by atoms with Crippen molar-refractivity contribution in [1.82, 2.24) is 4.98 Å². The molecule has 0 aliphatic heterocycles. The third-order valence-corrected chi connectivity index (χ3v) is 2.94. The molecule has 0 saturated heterocycles. The van der Waals surface area contributed by atoms with E-state index in [1.54, 1.807) is 24.4 Å². The van der Waals surface area contributed by atoms with Gasteiger partial charge in [-0.3, -0.25) is 4.79 Å². The van der Waals surface area contributed by atoms with Crippen LogP contribution in [0.3, 0.4) is 0 Å². The van der Waals surface area contributed by atoms with Crippen LogP contribution in [0.25, 0.3) is 11.1 Å². The summed E-state index contributed by atoms with van der Waals surface area (Å²) in [6, 6.07) is 4.99. The lowest BCUT2D eigenvalue weighted by Gasteiger charge is -2.03. The number of rotatable bonds is 1. The van der Waals surface area contributed by atoms with E-state index in [9.17, 15) is 4.79 Å². The monoisotopic (exact) mass is 254 g/mol. The summed E-state index contributed by atoms with van der Waals surface area (Å²) < 4.78 is 0. The topological polar surface area (TPSA) is 58.9 Å². The fourth-order valence-corrected chi connectivity index (χ4v) is 1.68. The van der Waals surface area contributed by atoms with Gasteiger partial charge < -0.3 is 10.7 Å². The highest BCUT2D eigenvalue weighted by Crippen LogP contribution is 2.26. The molecule has 1 heterocycles. The maximum Gasteiger partial charge on any atom is 0.212 e. The van der Waals surface area contributed by atoms with Crippen LogP contribution in [-0.4, -0.2) is 4.98 Å². The van der Waals surface area contributed by atoms with Gasteiger partial charge in [0.25, 0.3) is 0 Å². The van der Waals surface area contributed by atoms with Crippen LogP contribution in [0, 0.1) is 0 Å². The van der Waals surface area contributed by atoms with E-state index in [1.807, 2.05) is 0 Å². The SMILES string of the molecule is Nc1c[nH]cc(-c2ccc(Cl)c(Cl)c2)c1=O. The molecule has 0 unspecified atom stereocenters. The normalized spacial score (nSPS) is 10.4. The summed E-state index contributed by atoms with van der Waals surface area (Å²) in [5.41, 5.74) is 6.62. The van der Waals surface area contributed by atoms with Crippen molar-refractivity contribution in [3.8, 4) is 11.1 Å². The Labute approximate surface area is 102 Å². The average Bonchev–Trinajstić information content (AvgIpc) is 2.26. The molecule has 1 aromatic carbocycles. The minimum absolute atomic E-state index is 0.170. The largest absolute Gasteiger partial charge is 0.394 e. The Hall–Kier alpha value is -1.45. The second-order valence-electron chi connectivity index (χ2n) is 3.28. The molecule has 0 aliphatic rings. The summed E-state index contributed by atoms with van der Waals surface area (Å²) in [6.45, 7) is 0. The van der Waals surface area contributed by atoms with Crippen molar-refractivity contribution in [3.05, 3.63) is 50.9 Å². The molecule has 0 atom stereocenters. The number of nitrogen functional groups attached to an aromatic ring is 1. The molecule has 0 fully saturated rings. The molecule has 2 rings (SSSR count). The molecule has 5 heteroatoms. The molecule has 0 aliphatic carbocycles. The summed E-state index contributed by atoms with van der Waals surface area (Å²) >= 11 is 11.7. The van der Waals surface area contributed by atoms with Gasteiger partial charge in [0.2, 0.25) is 5.43 Å². The molecule has 3 N–H and O–H groups in total. The first-order chi connectivity index (χ1) is 7.59. The van der Waals surface area contributed by atoms with Crippen LogP contribution in [0.5, 0.6) is 0 Å². The Morgan fingerprint density at radius 2 is 1.88 bits per heavy atom. The van der Waals surface area contributed by atoms with Gasteiger partial charge in [-0.2, -0.15) is 0 Å². The van der Waals surface area contributed by atoms with Gasteiger partial charge in [0.05, 0.1) is 15.7 Å². The average molecular weight is 255 g/mol. The van der Waals surface area contributed by atoms with Crippen LogP contribution in [0.4, 0.5) is 5.69 Å². The lowest BCUT2D eigenvalue weighted by Crippen LogP contribution is -2.10. The first kappa shape index (κ1) is 11.0. The van der Waals surface area contributed by atoms with E-state index >= 15 is 0 Å². The van der Waals surface area contributed by atoms with E-state index in [2.05, 4.69) is 4.98 Å². The smallest absolute Gasteiger partial charge is 0.212 e. The highest BCUT2D eigenvalue weighted by molar-refractivity contribution is 6.42. The molecule has 0 spiro atoms. The number of nitrogens with two attached hydrogens (primary N) is 1. The Balaban J connectivity index is 2.64. The number of halogens is 2. The van der Waals surface area contributed by atoms with Gasteiger partial charge in [-0.1, -0.05) is 29.3 Å². The van der Waals surface area contributed by atoms with E-state index in [4.69, 9.17) is 28.9 Å². The Morgan fingerprint density at radius 3 is 2.56 bits per heavy atom. The van der Waals surface area contributed by atoms with Crippen molar-refractivity contribution in [2.75, 3.05) is 5.73 Å². The number of hydrogen-bond donors (Lipinski definition) is 2. The Bertz CT molecular complexity index is 593. The second kappa shape index (κ2) is 4.20. The number of hydrogen-bond acceptors (Lipinski definition) is 2. The van der Waals surface area contributed by atoms with Gasteiger partial charge in [0.1, 0.15) is 0 Å². The molecule has 0 saturated carbocycles. The molecule has 2 aromatic rings. The van der Waals surface area contributed by atoms with Gasteiger partial charge in [-0.05, 0) is 17.7 Å². The molecular formula is C11H8Cl2N2O. The molecule has 82 valence electrons. The third-order valence-electron chi connectivity index (χ3n) is 2.20. The lowest BCUT2D eigenvalue weighted by molar-refractivity contribution is 1.31. The summed E-state index contributed by atoms with van der Waals surface area (Å²) in [6.07, 6.45) is 3.03. The van der Waals surface area contributed by atoms with Crippen molar-refractivity contribution in [2.24, 2.45) is 0 Å². The summed E-state index contributed by atoms with van der Waals surface area (Å²) in [7, 11) is 0. The van der Waals surface area contributed by atoms with Crippen molar-refractivity contribution in [1.29, 1.82) is 0 Å². The first-order valence-electron chi connectivity index (χ1n) is 4.51. The summed E-state index contributed by atoms with van der Waals surface area (Å²) in [5, 5.41) is 0.853. The minimum atomic E-state index is -0.225. The Kier molecular flexibility index (Phi) is 2.90. The zero-order chi connectivity index (χ0) is 11.7. The van der Waals surface area contributed by atoms with Crippen LogP contribution < -0.4 is 11.2 Å². The van der Waals surface area contributed by atoms with E-state index in [-0.39, 0.29) is 11.1 Å². The molecule has 0 bridgehead atoms. The van der Waals surface area contributed by atoms with Gasteiger partial charge in [-0.25, -0.2) is 0 Å². The highest BCUT2D eigenvalue weighted by Gasteiger charge is 2.07. The summed E-state index contributed by atoms with van der Waals surface area (Å²) in [4.78, 5) is 14.5. The zero-order valence-electron chi connectivity index (χ0n) is 8.13. The summed E-state index contributed by atoms with van der Waals surface area (Å²) in [5.74, 6) is 0. The number of aromatic nitrogens is 1. The van der Waals surface area contributed by atoms with Crippen molar-refractivity contribution in [3.63, 3.8) is 0 Å². The van der Waals surface area contributed by atoms with Gasteiger partial charge in [0.15, 0.2) is 0 Å². The number of aromatic amines is 1. The number of pyridine rings is 1. The predicted molar refractivity (Wildman–Crippen MR) is 66.9 cm³/mol. The molecule has 3 nitrogen and oxygen atoms in total. The van der Waals surface area contributed by atoms with E-state index in [1.165, 1.54) is 6.20 Å². The van der Waals surface area contributed by atoms with E-state index in [0.29, 0.717) is 21.2 Å². The first-order valence-corrected chi connectivity index (χ1v) is 5.27. The molecule has 1 aromatic heterocycles. The van der Waals surface area contributed by atoms with Crippen molar-refractivity contribution in [2.45, 2.75) is 0 Å². The van der Waals surface area contributed by atoms with Crippen LogP contribution in [0.1, 0.15) is 0 Å². The molecule has 0 radical (unpaired) electrons. The Morgan fingerprint density at radius 1 is 1.12 bits per heavy atom. The van der Waals surface area contributed by atoms with Gasteiger partial charge in [-0.15, -0.1) is 0 Å². The quantitative estimate of drug-likeness (QED) is 0.822. The minimum Gasteiger partial charge on any atom is -0.394 e. The number of nitrogens with one attached hydrogen (secondary N) is 1. The van der Waals surface area contributed by atoms with Crippen LogP contribution in [0.2, 0.25) is 10.0 Å². The lowest BCUT2D eigenvalue weighted by atomic mass is 10.1. The van der Waals surface area contributed by atoms with Crippen molar-refractivity contribution >= 4 is 28.9 Å². The number of benzene rings is 1. The molecular weight excluding hydrogens is 247 g/mol. The zero-order valence-corrected chi connectivity index (χ0v) is 9.64. The maximum absolute atomic E-state index is 11.7. The van der Waals surface area contributed by atoms with E-state index < -0.39 is 0 Å². The van der Waals surface area contributed by atoms with Gasteiger partial charge in [0, 0.05) is 18.0 Å². The number of H-pyrrole nitrogens is 1. The standard InChI is InChI=1S/C11H8Cl2N2O/c12-8-2-1-6(3-9(8)13)7-4-15-5-10(14)11(7)16/h1-5H,14H2,(H,15,16). The van der Waals surface area contributed by atoms with Crippen molar-refractivity contribution < 1.29 is 0 Å². The van der Waals surface area contributed by atoms with Crippen LogP contribution in [-0.2, 0) is 0 Å². The second-order valence-corrected chi connectivity index (χ2v) is 4.10. The van der Waals surface area contributed by atoms with Crippen LogP contribution >= 0.6 is 23.2 Å². The fraction of sp³-hybridized carbons (Fsp3) is 0. The number of anilines is 1. The van der Waals surface area contributed by atoms with E-state index in [0.717, 1.165) is 0 Å².